The fraction of sp³-hybridized carbons (Fsp3) is 0.857. The molecule has 2 atom stereocenters. The van der Waals surface area contributed by atoms with Crippen LogP contribution in [0.5, 0.6) is 0 Å². The molecular formula is C21H42N4O3. The van der Waals surface area contributed by atoms with Gasteiger partial charge in [0.1, 0.15) is 6.04 Å². The van der Waals surface area contributed by atoms with Crippen molar-refractivity contribution in [3.05, 3.63) is 0 Å². The van der Waals surface area contributed by atoms with Crippen molar-refractivity contribution in [1.29, 1.82) is 0 Å². The van der Waals surface area contributed by atoms with Crippen molar-refractivity contribution < 1.29 is 14.4 Å². The van der Waals surface area contributed by atoms with E-state index in [9.17, 15) is 14.4 Å². The van der Waals surface area contributed by atoms with E-state index in [1.165, 1.54) is 0 Å². The molecule has 7 nitrogen and oxygen atoms in total. The SMILES string of the molecule is CC(C)CCCNC(=O)[C@H](CCCNC(N)=O)NC(=O)[C@@H](CC(C)C)C(C)C. The van der Waals surface area contributed by atoms with Crippen molar-refractivity contribution in [2.45, 2.75) is 79.7 Å². The average Bonchev–Trinajstić information content (AvgIpc) is 2.58. The van der Waals surface area contributed by atoms with E-state index in [2.05, 4.69) is 43.6 Å². The van der Waals surface area contributed by atoms with E-state index in [0.29, 0.717) is 37.8 Å². The summed E-state index contributed by atoms with van der Waals surface area (Å²) in [5, 5.41) is 8.40. The molecule has 0 aromatic heterocycles. The second-order valence-electron chi connectivity index (χ2n) is 8.80. The lowest BCUT2D eigenvalue weighted by atomic mass is 9.86. The first-order valence-electron chi connectivity index (χ1n) is 10.7. The van der Waals surface area contributed by atoms with Crippen LogP contribution in [0.3, 0.4) is 0 Å². The number of primary amides is 1. The van der Waals surface area contributed by atoms with Crippen LogP contribution in [-0.4, -0.2) is 37.0 Å². The first kappa shape index (κ1) is 26.2. The van der Waals surface area contributed by atoms with Crippen LogP contribution in [0.4, 0.5) is 4.79 Å². The van der Waals surface area contributed by atoms with Crippen molar-refractivity contribution in [3.8, 4) is 0 Å². The van der Waals surface area contributed by atoms with Gasteiger partial charge in [-0.25, -0.2) is 4.79 Å². The van der Waals surface area contributed by atoms with E-state index in [0.717, 1.165) is 19.3 Å². The smallest absolute Gasteiger partial charge is 0.312 e. The lowest BCUT2D eigenvalue weighted by Gasteiger charge is -2.25. The van der Waals surface area contributed by atoms with E-state index in [1.807, 2.05) is 13.8 Å². The third kappa shape index (κ3) is 12.6. The molecule has 0 aliphatic rings. The quantitative estimate of drug-likeness (QED) is 0.337. The van der Waals surface area contributed by atoms with Gasteiger partial charge in [0.15, 0.2) is 0 Å². The number of amides is 4. The van der Waals surface area contributed by atoms with E-state index in [1.54, 1.807) is 0 Å². The van der Waals surface area contributed by atoms with Crippen molar-refractivity contribution in [3.63, 3.8) is 0 Å². The van der Waals surface area contributed by atoms with E-state index in [4.69, 9.17) is 5.73 Å². The zero-order chi connectivity index (χ0) is 21.7. The molecule has 0 aromatic rings. The zero-order valence-electron chi connectivity index (χ0n) is 18.6. The van der Waals surface area contributed by atoms with Gasteiger partial charge < -0.3 is 21.7 Å². The maximum Gasteiger partial charge on any atom is 0.312 e. The second-order valence-corrected chi connectivity index (χ2v) is 8.80. The summed E-state index contributed by atoms with van der Waals surface area (Å²) in [5.74, 6) is 0.835. The zero-order valence-corrected chi connectivity index (χ0v) is 18.6. The summed E-state index contributed by atoms with van der Waals surface area (Å²) in [5.41, 5.74) is 5.08. The van der Waals surface area contributed by atoms with Gasteiger partial charge in [0, 0.05) is 19.0 Å². The van der Waals surface area contributed by atoms with Gasteiger partial charge in [-0.3, -0.25) is 9.59 Å². The Bertz CT molecular complexity index is 478. The topological polar surface area (TPSA) is 113 Å². The van der Waals surface area contributed by atoms with Crippen LogP contribution in [0.25, 0.3) is 0 Å². The minimum atomic E-state index is -0.602. The number of nitrogens with one attached hydrogen (secondary N) is 3. The molecule has 0 bridgehead atoms. The molecule has 164 valence electrons. The summed E-state index contributed by atoms with van der Waals surface area (Å²) >= 11 is 0. The van der Waals surface area contributed by atoms with Gasteiger partial charge in [-0.05, 0) is 49.9 Å². The molecule has 0 aromatic carbocycles. The van der Waals surface area contributed by atoms with Gasteiger partial charge in [-0.15, -0.1) is 0 Å². The Morgan fingerprint density at radius 1 is 0.786 bits per heavy atom. The Labute approximate surface area is 171 Å². The molecule has 0 rings (SSSR count). The summed E-state index contributed by atoms with van der Waals surface area (Å²) < 4.78 is 0. The van der Waals surface area contributed by atoms with Crippen LogP contribution >= 0.6 is 0 Å². The second kappa shape index (κ2) is 14.2. The van der Waals surface area contributed by atoms with Crippen LogP contribution < -0.4 is 21.7 Å². The lowest BCUT2D eigenvalue weighted by Crippen LogP contribution is -2.49. The molecular weight excluding hydrogens is 356 g/mol. The van der Waals surface area contributed by atoms with E-state index in [-0.39, 0.29) is 23.7 Å². The summed E-state index contributed by atoms with van der Waals surface area (Å²) in [6, 6.07) is -1.19. The molecule has 28 heavy (non-hydrogen) atoms. The maximum absolute atomic E-state index is 12.8. The monoisotopic (exact) mass is 398 g/mol. The number of hydrogen-bond acceptors (Lipinski definition) is 3. The molecule has 5 N–H and O–H groups in total. The Balaban J connectivity index is 4.86. The van der Waals surface area contributed by atoms with Gasteiger partial charge >= 0.3 is 6.03 Å². The molecule has 4 amide bonds. The largest absolute Gasteiger partial charge is 0.354 e. The highest BCUT2D eigenvalue weighted by molar-refractivity contribution is 5.88. The predicted molar refractivity (Wildman–Crippen MR) is 114 cm³/mol. The maximum atomic E-state index is 12.8. The van der Waals surface area contributed by atoms with Crippen LogP contribution in [0.1, 0.15) is 73.6 Å². The Morgan fingerprint density at radius 3 is 1.86 bits per heavy atom. The van der Waals surface area contributed by atoms with Crippen LogP contribution in [0.15, 0.2) is 0 Å². The molecule has 0 unspecified atom stereocenters. The summed E-state index contributed by atoms with van der Waals surface area (Å²) in [4.78, 5) is 36.3. The highest BCUT2D eigenvalue weighted by atomic mass is 16.2. The van der Waals surface area contributed by atoms with E-state index >= 15 is 0 Å². The van der Waals surface area contributed by atoms with Crippen molar-refractivity contribution >= 4 is 17.8 Å². The molecule has 7 heteroatoms. The predicted octanol–water partition coefficient (Wildman–Crippen LogP) is 2.79. The number of nitrogens with two attached hydrogens (primary N) is 1. The third-order valence-corrected chi connectivity index (χ3v) is 4.73. The molecule has 0 fully saturated rings. The fourth-order valence-electron chi connectivity index (χ4n) is 3.10. The van der Waals surface area contributed by atoms with Gasteiger partial charge in [0.2, 0.25) is 11.8 Å². The molecule has 0 aliphatic heterocycles. The lowest BCUT2D eigenvalue weighted by molar-refractivity contribution is -0.132. The standard InChI is InChI=1S/C21H42N4O3/c1-14(2)9-7-11-23-20(27)18(10-8-12-24-21(22)28)25-19(26)17(16(5)6)13-15(3)4/h14-18H,7-13H2,1-6H3,(H,23,27)(H,25,26)(H3,22,24,28)/t17-,18-/m0/s1. The molecule has 0 spiro atoms. The highest BCUT2D eigenvalue weighted by Gasteiger charge is 2.27. The van der Waals surface area contributed by atoms with Crippen molar-refractivity contribution in [1.82, 2.24) is 16.0 Å². The summed E-state index contributed by atoms with van der Waals surface area (Å²) in [6.45, 7) is 13.5. The number of rotatable bonds is 14. The number of carbonyl (C=O) groups is 3. The molecule has 0 radical (unpaired) electrons. The average molecular weight is 399 g/mol. The third-order valence-electron chi connectivity index (χ3n) is 4.73. The molecule has 0 heterocycles. The summed E-state index contributed by atoms with van der Waals surface area (Å²) in [7, 11) is 0. The van der Waals surface area contributed by atoms with Gasteiger partial charge in [0.25, 0.3) is 0 Å². The molecule has 0 aliphatic carbocycles. The van der Waals surface area contributed by atoms with Crippen molar-refractivity contribution in [2.75, 3.05) is 13.1 Å². The van der Waals surface area contributed by atoms with E-state index < -0.39 is 12.1 Å². The number of urea groups is 1. The van der Waals surface area contributed by atoms with Crippen LogP contribution in [0, 0.1) is 23.7 Å². The number of hydrogen-bond donors (Lipinski definition) is 4. The molecule has 0 saturated carbocycles. The number of carbonyl (C=O) groups excluding carboxylic acids is 3. The van der Waals surface area contributed by atoms with Gasteiger partial charge in [-0.1, -0.05) is 41.5 Å². The van der Waals surface area contributed by atoms with Crippen molar-refractivity contribution in [2.24, 2.45) is 29.4 Å². The summed E-state index contributed by atoms with van der Waals surface area (Å²) in [6.07, 6.45) is 3.76. The van der Waals surface area contributed by atoms with Gasteiger partial charge in [0.05, 0.1) is 0 Å². The minimum absolute atomic E-state index is 0.0751. The first-order chi connectivity index (χ1) is 13.0. The molecule has 0 saturated heterocycles. The van der Waals surface area contributed by atoms with Crippen LogP contribution in [-0.2, 0) is 9.59 Å². The Hall–Kier alpha value is -1.79. The highest BCUT2D eigenvalue weighted by Crippen LogP contribution is 2.21. The normalized spacial score (nSPS) is 13.5. The Morgan fingerprint density at radius 2 is 1.36 bits per heavy atom. The first-order valence-corrected chi connectivity index (χ1v) is 10.7. The minimum Gasteiger partial charge on any atom is -0.354 e. The van der Waals surface area contributed by atoms with Crippen LogP contribution in [0.2, 0.25) is 0 Å². The fourth-order valence-corrected chi connectivity index (χ4v) is 3.10. The Kier molecular flexibility index (Phi) is 13.3. The van der Waals surface area contributed by atoms with Gasteiger partial charge in [-0.2, -0.15) is 0 Å².